The molecule has 6 rings (SSSR count). The van der Waals surface area contributed by atoms with E-state index in [-0.39, 0.29) is 5.91 Å². The fourth-order valence-corrected chi connectivity index (χ4v) is 4.79. The molecule has 0 saturated carbocycles. The summed E-state index contributed by atoms with van der Waals surface area (Å²) in [5, 5.41) is 0. The first-order chi connectivity index (χ1) is 17.0. The van der Waals surface area contributed by atoms with Gasteiger partial charge in [-0.1, -0.05) is 12.1 Å². The highest BCUT2D eigenvalue weighted by molar-refractivity contribution is 5.95. The number of aromatic nitrogens is 4. The highest BCUT2D eigenvalue weighted by Crippen LogP contribution is 2.29. The Labute approximate surface area is 204 Å². The van der Waals surface area contributed by atoms with Gasteiger partial charge in [0.15, 0.2) is 0 Å². The van der Waals surface area contributed by atoms with E-state index >= 15 is 0 Å². The summed E-state index contributed by atoms with van der Waals surface area (Å²) in [6.07, 6.45) is 9.56. The molecule has 0 spiro atoms. The van der Waals surface area contributed by atoms with E-state index in [1.165, 1.54) is 11.1 Å². The normalized spacial score (nSPS) is 13.8. The van der Waals surface area contributed by atoms with Crippen molar-refractivity contribution in [3.05, 3.63) is 90.3 Å². The van der Waals surface area contributed by atoms with Gasteiger partial charge in [-0.2, -0.15) is 0 Å². The van der Waals surface area contributed by atoms with Crippen LogP contribution in [0, 0.1) is 13.8 Å². The number of H-pyrrole nitrogens is 1. The van der Waals surface area contributed by atoms with Crippen LogP contribution >= 0.6 is 0 Å². The molecule has 0 bridgehead atoms. The first-order valence-electron chi connectivity index (χ1n) is 12.0. The number of aromatic amines is 1. The van der Waals surface area contributed by atoms with Crippen LogP contribution < -0.4 is 4.90 Å². The molecule has 1 saturated heterocycles. The Kier molecular flexibility index (Phi) is 5.21. The van der Waals surface area contributed by atoms with Gasteiger partial charge in [-0.3, -0.25) is 9.78 Å². The molecular formula is C29H27N5O. The summed E-state index contributed by atoms with van der Waals surface area (Å²) in [6, 6.07) is 16.8. The lowest BCUT2D eigenvalue weighted by atomic mass is 10.0. The molecule has 1 aliphatic heterocycles. The zero-order chi connectivity index (χ0) is 23.9. The first-order valence-corrected chi connectivity index (χ1v) is 12.0. The Morgan fingerprint density at radius 3 is 2.46 bits per heavy atom. The molecule has 6 nitrogen and oxygen atoms in total. The summed E-state index contributed by atoms with van der Waals surface area (Å²) in [6.45, 7) is 5.72. The summed E-state index contributed by atoms with van der Waals surface area (Å²) < 4.78 is 2.14. The smallest absolute Gasteiger partial charge is 0.227 e. The molecule has 1 amide bonds. The second kappa shape index (κ2) is 8.55. The van der Waals surface area contributed by atoms with Crippen LogP contribution in [0.25, 0.3) is 33.3 Å². The lowest BCUT2D eigenvalue weighted by molar-refractivity contribution is -0.117. The Balaban J connectivity index is 1.22. The molecule has 5 aromatic rings. The van der Waals surface area contributed by atoms with Crippen LogP contribution in [0.1, 0.15) is 29.8 Å². The topological polar surface area (TPSA) is 66.8 Å². The van der Waals surface area contributed by atoms with Crippen LogP contribution in [-0.4, -0.2) is 32.0 Å². The van der Waals surface area contributed by atoms with E-state index in [0.717, 1.165) is 57.8 Å². The van der Waals surface area contributed by atoms with Crippen LogP contribution in [0.5, 0.6) is 0 Å². The predicted octanol–water partition coefficient (Wildman–Crippen LogP) is 5.89. The van der Waals surface area contributed by atoms with Gasteiger partial charge in [0.2, 0.25) is 5.91 Å². The summed E-state index contributed by atoms with van der Waals surface area (Å²) in [5.74, 6) is 1.15. The molecule has 0 radical (unpaired) electrons. The molecular weight excluding hydrogens is 434 g/mol. The maximum atomic E-state index is 12.0. The zero-order valence-corrected chi connectivity index (χ0v) is 20.0. The van der Waals surface area contributed by atoms with E-state index in [0.29, 0.717) is 13.0 Å². The Morgan fingerprint density at radius 1 is 0.914 bits per heavy atom. The van der Waals surface area contributed by atoms with Crippen molar-refractivity contribution in [3.8, 4) is 22.3 Å². The van der Waals surface area contributed by atoms with E-state index in [1.54, 1.807) is 0 Å². The third kappa shape index (κ3) is 4.12. The number of carbonyl (C=O) groups is 1. The highest BCUT2D eigenvalue weighted by Gasteiger charge is 2.21. The van der Waals surface area contributed by atoms with Gasteiger partial charge in [0.05, 0.1) is 17.6 Å². The molecule has 0 atom stereocenters. The number of imidazole rings is 1. The molecule has 35 heavy (non-hydrogen) atoms. The number of nitrogens with one attached hydrogen (secondary N) is 1. The number of hydrogen-bond acceptors (Lipinski definition) is 3. The number of aryl methyl sites for hydroxylation is 2. The number of fused-ring (bicyclic) bond motifs is 1. The fourth-order valence-electron chi connectivity index (χ4n) is 4.79. The number of carbonyl (C=O) groups excluding carboxylic acids is 1. The standard InChI is InChI=1S/C29H27N5O/c1-19-12-26-27(13-20(19)2)32-28(31-26)18-33-11-9-22(17-33)24-14-23(15-30-16-24)21-5-7-25(8-6-21)34-10-3-4-29(34)35/h5-9,11-17H,3-4,10,18H2,1-2H3,(H,31,32). The third-order valence-corrected chi connectivity index (χ3v) is 6.89. The van der Waals surface area contributed by atoms with Crippen molar-refractivity contribution >= 4 is 22.6 Å². The van der Waals surface area contributed by atoms with Crippen molar-refractivity contribution < 1.29 is 4.79 Å². The average Bonchev–Trinajstić information content (AvgIpc) is 3.60. The maximum absolute atomic E-state index is 12.0. The molecule has 174 valence electrons. The van der Waals surface area contributed by atoms with Crippen LogP contribution in [0.15, 0.2) is 73.3 Å². The molecule has 3 aromatic heterocycles. The molecule has 6 heteroatoms. The Bertz CT molecular complexity index is 1500. The Morgan fingerprint density at radius 2 is 1.69 bits per heavy atom. The van der Waals surface area contributed by atoms with Crippen molar-refractivity contribution in [3.63, 3.8) is 0 Å². The average molecular weight is 462 g/mol. The minimum atomic E-state index is 0.207. The van der Waals surface area contributed by atoms with Crippen molar-refractivity contribution in [1.29, 1.82) is 0 Å². The lowest BCUT2D eigenvalue weighted by Crippen LogP contribution is -2.23. The number of nitrogens with zero attached hydrogens (tertiary/aromatic N) is 4. The molecule has 1 fully saturated rings. The second-order valence-corrected chi connectivity index (χ2v) is 9.37. The number of rotatable bonds is 5. The minimum absolute atomic E-state index is 0.207. The summed E-state index contributed by atoms with van der Waals surface area (Å²) in [5.41, 5.74) is 9.89. The number of benzene rings is 2. The monoisotopic (exact) mass is 461 g/mol. The minimum Gasteiger partial charge on any atom is -0.346 e. The molecule has 1 aliphatic rings. The largest absolute Gasteiger partial charge is 0.346 e. The SMILES string of the molecule is Cc1cc2nc(Cn3ccc(-c4cncc(-c5ccc(N6CCCC6=O)cc5)c4)c3)[nH]c2cc1C. The van der Waals surface area contributed by atoms with E-state index in [2.05, 4.69) is 77.2 Å². The highest BCUT2D eigenvalue weighted by atomic mass is 16.2. The second-order valence-electron chi connectivity index (χ2n) is 9.37. The van der Waals surface area contributed by atoms with Crippen LogP contribution in [0.2, 0.25) is 0 Å². The number of amides is 1. The molecule has 4 heterocycles. The van der Waals surface area contributed by atoms with Gasteiger partial charge in [0, 0.05) is 60.1 Å². The summed E-state index contributed by atoms with van der Waals surface area (Å²) in [7, 11) is 0. The Hall–Kier alpha value is -4.19. The van der Waals surface area contributed by atoms with Crippen molar-refractivity contribution in [2.24, 2.45) is 0 Å². The molecule has 0 unspecified atom stereocenters. The van der Waals surface area contributed by atoms with Gasteiger partial charge >= 0.3 is 0 Å². The fraction of sp³-hybridized carbons (Fsp3) is 0.207. The quantitative estimate of drug-likeness (QED) is 0.355. The van der Waals surface area contributed by atoms with E-state index in [9.17, 15) is 4.79 Å². The number of anilines is 1. The van der Waals surface area contributed by atoms with Gasteiger partial charge in [0.1, 0.15) is 5.82 Å². The number of hydrogen-bond donors (Lipinski definition) is 1. The van der Waals surface area contributed by atoms with Crippen molar-refractivity contribution in [1.82, 2.24) is 19.5 Å². The molecule has 0 aliphatic carbocycles. The van der Waals surface area contributed by atoms with E-state index < -0.39 is 0 Å². The summed E-state index contributed by atoms with van der Waals surface area (Å²) >= 11 is 0. The predicted molar refractivity (Wildman–Crippen MR) is 139 cm³/mol. The van der Waals surface area contributed by atoms with E-state index in [4.69, 9.17) is 4.98 Å². The summed E-state index contributed by atoms with van der Waals surface area (Å²) in [4.78, 5) is 26.6. The first kappa shape index (κ1) is 21.4. The number of pyridine rings is 1. The van der Waals surface area contributed by atoms with Crippen LogP contribution in [-0.2, 0) is 11.3 Å². The van der Waals surface area contributed by atoms with E-state index in [1.807, 2.05) is 29.4 Å². The van der Waals surface area contributed by atoms with Crippen LogP contribution in [0.4, 0.5) is 5.69 Å². The molecule has 1 N–H and O–H groups in total. The van der Waals surface area contributed by atoms with Crippen molar-refractivity contribution in [2.75, 3.05) is 11.4 Å². The lowest BCUT2D eigenvalue weighted by Gasteiger charge is -2.16. The van der Waals surface area contributed by atoms with Crippen LogP contribution in [0.3, 0.4) is 0 Å². The van der Waals surface area contributed by atoms with Gasteiger partial charge in [-0.15, -0.1) is 0 Å². The van der Waals surface area contributed by atoms with Gasteiger partial charge in [0.25, 0.3) is 0 Å². The maximum Gasteiger partial charge on any atom is 0.227 e. The van der Waals surface area contributed by atoms with Crippen molar-refractivity contribution in [2.45, 2.75) is 33.2 Å². The van der Waals surface area contributed by atoms with Gasteiger partial charge < -0.3 is 14.5 Å². The molecule has 2 aromatic carbocycles. The van der Waals surface area contributed by atoms with Gasteiger partial charge in [-0.25, -0.2) is 4.98 Å². The van der Waals surface area contributed by atoms with Gasteiger partial charge in [-0.05, 0) is 73.4 Å². The zero-order valence-electron chi connectivity index (χ0n) is 20.0. The third-order valence-electron chi connectivity index (χ3n) is 6.89.